The smallest absolute Gasteiger partial charge is 0.279 e. The van der Waals surface area contributed by atoms with Crippen LogP contribution in [0.2, 0.25) is 0 Å². The highest BCUT2D eigenvalue weighted by Gasteiger charge is 2.29. The quantitative estimate of drug-likeness (QED) is 0.709. The third kappa shape index (κ3) is 5.93. The molecule has 0 radical (unpaired) electrons. The summed E-state index contributed by atoms with van der Waals surface area (Å²) in [6, 6.07) is -0.0289. The first kappa shape index (κ1) is 19.1. The molecule has 0 amide bonds. The normalized spacial score (nSPS) is 24.2. The second-order valence-corrected chi connectivity index (χ2v) is 6.63. The molecule has 0 spiro atoms. The molecule has 2 atom stereocenters. The van der Waals surface area contributed by atoms with Gasteiger partial charge < -0.3 is 10.5 Å². The van der Waals surface area contributed by atoms with E-state index in [4.69, 9.17) is 10.5 Å². The lowest BCUT2D eigenvalue weighted by molar-refractivity contribution is 0.184. The Morgan fingerprint density at radius 3 is 2.58 bits per heavy atom. The van der Waals surface area contributed by atoms with Gasteiger partial charge in [-0.15, -0.1) is 12.4 Å². The Labute approximate surface area is 122 Å². The average molecular weight is 316 g/mol. The van der Waals surface area contributed by atoms with Gasteiger partial charge in [-0.05, 0) is 25.3 Å². The largest absolute Gasteiger partial charge is 0.383 e. The molecule has 1 aliphatic carbocycles. The van der Waals surface area contributed by atoms with Crippen LogP contribution in [0.25, 0.3) is 0 Å². The molecule has 0 heterocycles. The maximum absolute atomic E-state index is 12.1. The highest BCUT2D eigenvalue weighted by Crippen LogP contribution is 2.24. The van der Waals surface area contributed by atoms with Gasteiger partial charge in [-0.2, -0.15) is 17.4 Å². The van der Waals surface area contributed by atoms with E-state index in [-0.39, 0.29) is 24.4 Å². The van der Waals surface area contributed by atoms with E-state index in [1.807, 2.05) is 0 Å². The number of methoxy groups -OCH3 is 1. The second kappa shape index (κ2) is 9.10. The second-order valence-electron chi connectivity index (χ2n) is 4.82. The number of halogens is 1. The van der Waals surface area contributed by atoms with E-state index in [0.29, 0.717) is 19.7 Å². The van der Waals surface area contributed by atoms with Gasteiger partial charge in [0.1, 0.15) is 0 Å². The number of nitrogens with two attached hydrogens (primary N) is 1. The van der Waals surface area contributed by atoms with Gasteiger partial charge >= 0.3 is 0 Å². The summed E-state index contributed by atoms with van der Waals surface area (Å²) in [4.78, 5) is 0. The van der Waals surface area contributed by atoms with Crippen molar-refractivity contribution in [3.05, 3.63) is 0 Å². The summed E-state index contributed by atoms with van der Waals surface area (Å²) in [6.07, 6.45) is 4.08. The van der Waals surface area contributed by atoms with E-state index >= 15 is 0 Å². The zero-order valence-corrected chi connectivity index (χ0v) is 13.3. The third-order valence-corrected chi connectivity index (χ3v) is 5.14. The molecule has 0 bridgehead atoms. The van der Waals surface area contributed by atoms with E-state index < -0.39 is 10.2 Å². The molecule has 19 heavy (non-hydrogen) atoms. The van der Waals surface area contributed by atoms with Crippen molar-refractivity contribution in [3.63, 3.8) is 0 Å². The van der Waals surface area contributed by atoms with E-state index in [1.54, 1.807) is 14.2 Å². The summed E-state index contributed by atoms with van der Waals surface area (Å²) in [5.74, 6) is 0.254. The van der Waals surface area contributed by atoms with Crippen LogP contribution in [0, 0.1) is 5.92 Å². The summed E-state index contributed by atoms with van der Waals surface area (Å²) < 4.78 is 33.1. The minimum Gasteiger partial charge on any atom is -0.383 e. The molecule has 1 aliphatic rings. The molecule has 3 N–H and O–H groups in total. The monoisotopic (exact) mass is 315 g/mol. The van der Waals surface area contributed by atoms with Crippen molar-refractivity contribution in [2.75, 3.05) is 33.9 Å². The Kier molecular flexibility index (Phi) is 9.13. The fraction of sp³-hybridized carbons (Fsp3) is 1.00. The van der Waals surface area contributed by atoms with Crippen LogP contribution in [0.4, 0.5) is 0 Å². The van der Waals surface area contributed by atoms with Crippen molar-refractivity contribution in [2.45, 2.75) is 31.7 Å². The van der Waals surface area contributed by atoms with Crippen LogP contribution in [0.15, 0.2) is 0 Å². The van der Waals surface area contributed by atoms with Gasteiger partial charge in [-0.25, -0.2) is 0 Å². The van der Waals surface area contributed by atoms with E-state index in [9.17, 15) is 8.42 Å². The van der Waals surface area contributed by atoms with E-state index in [0.717, 1.165) is 25.7 Å². The van der Waals surface area contributed by atoms with Crippen molar-refractivity contribution in [1.29, 1.82) is 0 Å². The summed E-state index contributed by atoms with van der Waals surface area (Å²) >= 11 is 0. The van der Waals surface area contributed by atoms with Crippen LogP contribution in [-0.4, -0.2) is 52.6 Å². The SMILES string of the molecule is COCCN(C)S(=O)(=O)NC1CCCCC1CN.Cl. The first-order valence-electron chi connectivity index (χ1n) is 6.44. The third-order valence-electron chi connectivity index (χ3n) is 3.53. The maximum atomic E-state index is 12.1. The molecule has 1 rings (SSSR count). The van der Waals surface area contributed by atoms with Crippen LogP contribution in [0.1, 0.15) is 25.7 Å². The average Bonchev–Trinajstić information content (AvgIpc) is 2.36. The van der Waals surface area contributed by atoms with Crippen molar-refractivity contribution >= 4 is 22.6 Å². The molecule has 2 unspecified atom stereocenters. The van der Waals surface area contributed by atoms with Gasteiger partial charge in [0.15, 0.2) is 0 Å². The van der Waals surface area contributed by atoms with Gasteiger partial charge in [-0.3, -0.25) is 0 Å². The molecule has 1 fully saturated rings. The van der Waals surface area contributed by atoms with Crippen LogP contribution in [0.5, 0.6) is 0 Å². The lowest BCUT2D eigenvalue weighted by Crippen LogP contribution is -2.49. The van der Waals surface area contributed by atoms with Gasteiger partial charge in [0, 0.05) is 26.7 Å². The number of nitrogens with one attached hydrogen (secondary N) is 1. The van der Waals surface area contributed by atoms with E-state index in [2.05, 4.69) is 4.72 Å². The van der Waals surface area contributed by atoms with Crippen LogP contribution >= 0.6 is 12.4 Å². The molecule has 8 heteroatoms. The number of ether oxygens (including phenoxy) is 1. The predicted molar refractivity (Wildman–Crippen MR) is 78.6 cm³/mol. The standard InChI is InChI=1S/C11H25N3O3S.ClH/c1-14(7-8-17-2)18(15,16)13-11-6-4-3-5-10(11)9-12;/h10-11,13H,3-9,12H2,1-2H3;1H. The number of rotatable bonds is 7. The van der Waals surface area contributed by atoms with Gasteiger partial charge in [0.05, 0.1) is 6.61 Å². The minimum absolute atomic E-state index is 0. The molecular weight excluding hydrogens is 290 g/mol. The Morgan fingerprint density at radius 1 is 1.37 bits per heavy atom. The lowest BCUT2D eigenvalue weighted by Gasteiger charge is -2.32. The Bertz CT molecular complexity index is 340. The number of likely N-dealkylation sites (N-methyl/N-ethyl adjacent to an activating group) is 1. The molecule has 1 saturated carbocycles. The van der Waals surface area contributed by atoms with Crippen LogP contribution in [0.3, 0.4) is 0 Å². The number of nitrogens with zero attached hydrogens (tertiary/aromatic N) is 1. The Balaban J connectivity index is 0.00000324. The summed E-state index contributed by atoms with van der Waals surface area (Å²) in [7, 11) is -0.315. The number of hydrogen-bond donors (Lipinski definition) is 2. The van der Waals surface area contributed by atoms with Crippen molar-refractivity contribution < 1.29 is 13.2 Å². The van der Waals surface area contributed by atoms with Gasteiger partial charge in [-0.1, -0.05) is 12.8 Å². The highest BCUT2D eigenvalue weighted by molar-refractivity contribution is 7.87. The molecule has 0 aromatic carbocycles. The Morgan fingerprint density at radius 2 is 2.00 bits per heavy atom. The maximum Gasteiger partial charge on any atom is 0.279 e. The molecule has 0 aromatic heterocycles. The molecular formula is C11H26ClN3O3S. The molecule has 0 aliphatic heterocycles. The lowest BCUT2D eigenvalue weighted by atomic mass is 9.85. The van der Waals surface area contributed by atoms with Crippen LogP contribution < -0.4 is 10.5 Å². The zero-order chi connectivity index (χ0) is 13.6. The summed E-state index contributed by atoms with van der Waals surface area (Å²) in [5.41, 5.74) is 5.70. The highest BCUT2D eigenvalue weighted by atomic mass is 35.5. The zero-order valence-electron chi connectivity index (χ0n) is 11.7. The first-order valence-corrected chi connectivity index (χ1v) is 7.88. The fourth-order valence-electron chi connectivity index (χ4n) is 2.27. The fourth-order valence-corrected chi connectivity index (χ4v) is 3.45. The topological polar surface area (TPSA) is 84.7 Å². The van der Waals surface area contributed by atoms with Crippen LogP contribution in [-0.2, 0) is 14.9 Å². The summed E-state index contributed by atoms with van der Waals surface area (Å²) in [5, 5.41) is 0. The van der Waals surface area contributed by atoms with E-state index in [1.165, 1.54) is 4.31 Å². The minimum atomic E-state index is -3.43. The molecule has 0 aromatic rings. The van der Waals surface area contributed by atoms with Crippen molar-refractivity contribution in [1.82, 2.24) is 9.03 Å². The Hall–Kier alpha value is 0.0800. The molecule has 0 saturated heterocycles. The predicted octanol–water partition coefficient (Wildman–Crippen LogP) is 0.338. The molecule has 116 valence electrons. The van der Waals surface area contributed by atoms with Gasteiger partial charge in [0.2, 0.25) is 0 Å². The molecule has 6 nitrogen and oxygen atoms in total. The van der Waals surface area contributed by atoms with Gasteiger partial charge in [0.25, 0.3) is 10.2 Å². The first-order chi connectivity index (χ1) is 8.51. The summed E-state index contributed by atoms with van der Waals surface area (Å²) in [6.45, 7) is 1.28. The number of hydrogen-bond acceptors (Lipinski definition) is 4. The van der Waals surface area contributed by atoms with Crippen molar-refractivity contribution in [3.8, 4) is 0 Å². The van der Waals surface area contributed by atoms with Crippen molar-refractivity contribution in [2.24, 2.45) is 11.7 Å².